The number of rotatable bonds is 3. The van der Waals surface area contributed by atoms with Gasteiger partial charge in [-0.1, -0.05) is 17.7 Å². The number of halogens is 4. The molecular weight excluding hydrogens is 273 g/mol. The average molecular weight is 283 g/mol. The van der Waals surface area contributed by atoms with E-state index in [0.29, 0.717) is 0 Å². The molecule has 0 aliphatic rings. The number of hydrogen-bond donors (Lipinski definition) is 1. The van der Waals surface area contributed by atoms with Crippen molar-refractivity contribution in [3.63, 3.8) is 0 Å². The molecule has 0 amide bonds. The van der Waals surface area contributed by atoms with Crippen LogP contribution in [0.2, 0.25) is 5.02 Å². The predicted octanol–water partition coefficient (Wildman–Crippen LogP) is 2.44. The van der Waals surface area contributed by atoms with E-state index in [1.54, 1.807) is 0 Å². The first-order chi connectivity index (χ1) is 8.27. The van der Waals surface area contributed by atoms with E-state index in [-0.39, 0.29) is 10.6 Å². The lowest BCUT2D eigenvalue weighted by Gasteiger charge is -2.16. The summed E-state index contributed by atoms with van der Waals surface area (Å²) in [5.41, 5.74) is -1.30. The molecule has 0 aliphatic heterocycles. The van der Waals surface area contributed by atoms with E-state index in [1.165, 1.54) is 6.07 Å². The topological polar surface area (TPSA) is 46.5 Å². The average Bonchev–Trinajstić information content (AvgIpc) is 2.29. The van der Waals surface area contributed by atoms with Crippen LogP contribution < -0.4 is 0 Å². The highest BCUT2D eigenvalue weighted by Gasteiger charge is 2.35. The molecule has 0 fully saturated rings. The normalized spacial score (nSPS) is 13.2. The molecule has 3 nitrogen and oxygen atoms in total. The molecule has 100 valence electrons. The number of carbonyl (C=O) groups excluding carboxylic acids is 1. The molecule has 0 saturated heterocycles. The van der Waals surface area contributed by atoms with Crippen molar-refractivity contribution in [3.05, 3.63) is 34.3 Å². The monoisotopic (exact) mass is 282 g/mol. The molecule has 0 aromatic heterocycles. The quantitative estimate of drug-likeness (QED) is 0.866. The number of hydrogen-bond acceptors (Lipinski definition) is 3. The molecular formula is C11H10ClF3O3. The van der Waals surface area contributed by atoms with Gasteiger partial charge in [0.2, 0.25) is 0 Å². The molecule has 0 bridgehead atoms. The van der Waals surface area contributed by atoms with Crippen molar-refractivity contribution in [3.8, 4) is 0 Å². The molecule has 0 aliphatic carbocycles. The van der Waals surface area contributed by atoms with Crippen LogP contribution in [-0.4, -0.2) is 24.3 Å². The lowest BCUT2D eigenvalue weighted by molar-refractivity contribution is -0.151. The Morgan fingerprint density at radius 1 is 1.50 bits per heavy atom. The third-order valence-corrected chi connectivity index (χ3v) is 2.65. The first-order valence-corrected chi connectivity index (χ1v) is 5.25. The molecule has 0 radical (unpaired) electrons. The van der Waals surface area contributed by atoms with Gasteiger partial charge < -0.3 is 9.84 Å². The number of ether oxygens (including phenoxy) is 1. The largest absolute Gasteiger partial charge is 0.467 e. The molecule has 1 atom stereocenters. The second-order valence-electron chi connectivity index (χ2n) is 3.51. The maximum Gasteiger partial charge on any atom is 0.416 e. The van der Waals surface area contributed by atoms with Crippen LogP contribution in [0.25, 0.3) is 0 Å². The summed E-state index contributed by atoms with van der Waals surface area (Å²) in [6, 6.07) is 3.25. The standard InChI is InChI=1S/C11H10ClF3O3/c1-18-10(17)9(16)5-6-7(11(13,14)15)3-2-4-8(6)12/h2-4,9,16H,5H2,1H3. The van der Waals surface area contributed by atoms with E-state index in [4.69, 9.17) is 11.6 Å². The number of alkyl halides is 3. The number of benzene rings is 1. The number of aliphatic hydroxyl groups is 1. The van der Waals surface area contributed by atoms with Gasteiger partial charge in [-0.25, -0.2) is 4.79 Å². The van der Waals surface area contributed by atoms with Gasteiger partial charge in [0, 0.05) is 11.4 Å². The van der Waals surface area contributed by atoms with Crippen LogP contribution in [0.15, 0.2) is 18.2 Å². The minimum Gasteiger partial charge on any atom is -0.467 e. The van der Waals surface area contributed by atoms with E-state index in [1.807, 2.05) is 0 Å². The summed E-state index contributed by atoms with van der Waals surface area (Å²) in [5, 5.41) is 9.23. The molecule has 0 heterocycles. The third-order valence-electron chi connectivity index (χ3n) is 2.29. The Balaban J connectivity index is 3.12. The van der Waals surface area contributed by atoms with Crippen molar-refractivity contribution in [1.29, 1.82) is 0 Å². The van der Waals surface area contributed by atoms with E-state index in [2.05, 4.69) is 4.74 Å². The van der Waals surface area contributed by atoms with Gasteiger partial charge in [-0.15, -0.1) is 0 Å². The molecule has 1 aromatic carbocycles. The minimum absolute atomic E-state index is 0.159. The summed E-state index contributed by atoms with van der Waals surface area (Å²) in [6.45, 7) is 0. The fraction of sp³-hybridized carbons (Fsp3) is 0.364. The number of methoxy groups -OCH3 is 1. The Morgan fingerprint density at radius 2 is 2.11 bits per heavy atom. The van der Waals surface area contributed by atoms with Crippen molar-refractivity contribution in [1.82, 2.24) is 0 Å². The minimum atomic E-state index is -4.60. The number of esters is 1. The van der Waals surface area contributed by atoms with Crippen molar-refractivity contribution in [2.45, 2.75) is 18.7 Å². The van der Waals surface area contributed by atoms with Gasteiger partial charge in [-0.05, 0) is 17.7 Å². The Bertz CT molecular complexity index is 446. The highest BCUT2D eigenvalue weighted by Crippen LogP contribution is 2.35. The first-order valence-electron chi connectivity index (χ1n) is 4.88. The zero-order valence-corrected chi connectivity index (χ0v) is 10.0. The molecule has 1 unspecified atom stereocenters. The van der Waals surface area contributed by atoms with Gasteiger partial charge in [-0.2, -0.15) is 13.2 Å². The lowest BCUT2D eigenvalue weighted by Crippen LogP contribution is -2.25. The molecule has 0 spiro atoms. The van der Waals surface area contributed by atoms with Crippen LogP contribution in [0.1, 0.15) is 11.1 Å². The fourth-order valence-corrected chi connectivity index (χ4v) is 1.70. The SMILES string of the molecule is COC(=O)C(O)Cc1c(Cl)cccc1C(F)(F)F. The Labute approximate surface area is 106 Å². The summed E-state index contributed by atoms with van der Waals surface area (Å²) in [7, 11) is 1.03. The Morgan fingerprint density at radius 3 is 2.61 bits per heavy atom. The molecule has 7 heteroatoms. The zero-order chi connectivity index (χ0) is 13.9. The van der Waals surface area contributed by atoms with Gasteiger partial charge in [0.15, 0.2) is 6.10 Å². The smallest absolute Gasteiger partial charge is 0.416 e. The second-order valence-corrected chi connectivity index (χ2v) is 3.91. The molecule has 1 N–H and O–H groups in total. The summed E-state index contributed by atoms with van der Waals surface area (Å²) >= 11 is 5.66. The molecule has 18 heavy (non-hydrogen) atoms. The highest BCUT2D eigenvalue weighted by atomic mass is 35.5. The van der Waals surface area contributed by atoms with Gasteiger partial charge in [0.1, 0.15) is 0 Å². The first kappa shape index (κ1) is 14.8. The predicted molar refractivity (Wildman–Crippen MR) is 58.2 cm³/mol. The lowest BCUT2D eigenvalue weighted by atomic mass is 10.0. The van der Waals surface area contributed by atoms with Crippen LogP contribution in [0, 0.1) is 0 Å². The van der Waals surface area contributed by atoms with Gasteiger partial charge in [0.05, 0.1) is 12.7 Å². The van der Waals surface area contributed by atoms with Crippen LogP contribution in [0.3, 0.4) is 0 Å². The fourth-order valence-electron chi connectivity index (χ4n) is 1.44. The maximum absolute atomic E-state index is 12.7. The van der Waals surface area contributed by atoms with Gasteiger partial charge in [0.25, 0.3) is 0 Å². The van der Waals surface area contributed by atoms with Crippen molar-refractivity contribution in [2.24, 2.45) is 0 Å². The molecule has 1 rings (SSSR count). The number of aliphatic hydroxyl groups excluding tert-OH is 1. The van der Waals surface area contributed by atoms with Crippen molar-refractivity contribution >= 4 is 17.6 Å². The maximum atomic E-state index is 12.7. The zero-order valence-electron chi connectivity index (χ0n) is 9.29. The number of carbonyl (C=O) groups is 1. The summed E-state index contributed by atoms with van der Waals surface area (Å²) in [5.74, 6) is -1.01. The molecule has 0 saturated carbocycles. The van der Waals surface area contributed by atoms with E-state index in [9.17, 15) is 23.1 Å². The van der Waals surface area contributed by atoms with Crippen LogP contribution in [-0.2, 0) is 22.1 Å². The van der Waals surface area contributed by atoms with E-state index < -0.39 is 30.2 Å². The Kier molecular flexibility index (Phi) is 4.59. The second kappa shape index (κ2) is 5.58. The van der Waals surface area contributed by atoms with E-state index in [0.717, 1.165) is 19.2 Å². The Hall–Kier alpha value is -1.27. The highest BCUT2D eigenvalue weighted by molar-refractivity contribution is 6.31. The van der Waals surface area contributed by atoms with Gasteiger partial charge >= 0.3 is 12.1 Å². The summed E-state index contributed by atoms with van der Waals surface area (Å²) in [4.78, 5) is 11.0. The summed E-state index contributed by atoms with van der Waals surface area (Å²) in [6.07, 6.45) is -6.84. The summed E-state index contributed by atoms with van der Waals surface area (Å²) < 4.78 is 42.4. The third kappa shape index (κ3) is 3.36. The van der Waals surface area contributed by atoms with Gasteiger partial charge in [-0.3, -0.25) is 0 Å². The van der Waals surface area contributed by atoms with Crippen LogP contribution in [0.4, 0.5) is 13.2 Å². The van der Waals surface area contributed by atoms with Crippen LogP contribution >= 0.6 is 11.6 Å². The van der Waals surface area contributed by atoms with Crippen molar-refractivity contribution < 1.29 is 27.8 Å². The van der Waals surface area contributed by atoms with Crippen molar-refractivity contribution in [2.75, 3.05) is 7.11 Å². The van der Waals surface area contributed by atoms with Crippen LogP contribution in [0.5, 0.6) is 0 Å². The van der Waals surface area contributed by atoms with E-state index >= 15 is 0 Å². The molecule has 1 aromatic rings.